The van der Waals surface area contributed by atoms with Crippen LogP contribution in [-0.2, 0) is 4.79 Å². The van der Waals surface area contributed by atoms with Crippen LogP contribution in [0, 0.1) is 0 Å². The summed E-state index contributed by atoms with van der Waals surface area (Å²) in [6.45, 7) is 4.78. The van der Waals surface area contributed by atoms with E-state index in [0.29, 0.717) is 13.0 Å². The van der Waals surface area contributed by atoms with Crippen molar-refractivity contribution >= 4 is 5.91 Å². The maximum absolute atomic E-state index is 12.1. The molecule has 0 bridgehead atoms. The molecule has 1 amide bonds. The first-order chi connectivity index (χ1) is 11.2. The highest BCUT2D eigenvalue weighted by Gasteiger charge is 2.17. The molecule has 1 unspecified atom stereocenters. The van der Waals surface area contributed by atoms with Crippen molar-refractivity contribution in [3.05, 3.63) is 54.6 Å². The number of rotatable bonds is 8. The molecule has 1 atom stereocenters. The van der Waals surface area contributed by atoms with Gasteiger partial charge in [-0.2, -0.15) is 0 Å². The molecule has 3 nitrogen and oxygen atoms in total. The lowest BCUT2D eigenvalue weighted by Crippen LogP contribution is -2.38. The summed E-state index contributed by atoms with van der Waals surface area (Å²) >= 11 is 0. The molecule has 2 aromatic carbocycles. The van der Waals surface area contributed by atoms with Gasteiger partial charge in [0.2, 0.25) is 0 Å². The quantitative estimate of drug-likeness (QED) is 0.733. The minimum absolute atomic E-state index is 0.0342. The third-order valence-corrected chi connectivity index (χ3v) is 3.73. The SMILES string of the molecule is CCCCNC(=O)C(CC)Oc1ccc(-c2ccccc2)cc1. The van der Waals surface area contributed by atoms with Crippen LogP contribution in [0.1, 0.15) is 33.1 Å². The van der Waals surface area contributed by atoms with Gasteiger partial charge in [-0.3, -0.25) is 4.79 Å². The highest BCUT2D eigenvalue weighted by Crippen LogP contribution is 2.23. The van der Waals surface area contributed by atoms with Crippen molar-refractivity contribution < 1.29 is 9.53 Å². The number of carbonyl (C=O) groups excluding carboxylic acids is 1. The van der Waals surface area contributed by atoms with Crippen LogP contribution in [0.4, 0.5) is 0 Å². The van der Waals surface area contributed by atoms with Gasteiger partial charge in [-0.05, 0) is 36.1 Å². The number of hydrogen-bond donors (Lipinski definition) is 1. The molecule has 0 aliphatic carbocycles. The molecular formula is C20H25NO2. The van der Waals surface area contributed by atoms with Gasteiger partial charge in [-0.25, -0.2) is 0 Å². The lowest BCUT2D eigenvalue weighted by atomic mass is 10.1. The van der Waals surface area contributed by atoms with E-state index in [4.69, 9.17) is 4.74 Å². The molecule has 122 valence electrons. The third kappa shape index (κ3) is 5.13. The van der Waals surface area contributed by atoms with Crippen molar-refractivity contribution in [3.8, 4) is 16.9 Å². The van der Waals surface area contributed by atoms with Gasteiger partial charge in [0.05, 0.1) is 0 Å². The van der Waals surface area contributed by atoms with E-state index in [2.05, 4.69) is 24.4 Å². The van der Waals surface area contributed by atoms with Crippen LogP contribution in [0.2, 0.25) is 0 Å². The largest absolute Gasteiger partial charge is 0.481 e. The first-order valence-electron chi connectivity index (χ1n) is 8.34. The lowest BCUT2D eigenvalue weighted by molar-refractivity contribution is -0.128. The normalized spacial score (nSPS) is 11.7. The van der Waals surface area contributed by atoms with Gasteiger partial charge in [0.25, 0.3) is 5.91 Å². The molecule has 2 aromatic rings. The van der Waals surface area contributed by atoms with Gasteiger partial charge in [0.1, 0.15) is 5.75 Å². The second-order valence-corrected chi connectivity index (χ2v) is 5.55. The Morgan fingerprint density at radius 2 is 1.65 bits per heavy atom. The number of hydrogen-bond acceptors (Lipinski definition) is 2. The lowest BCUT2D eigenvalue weighted by Gasteiger charge is -2.17. The molecule has 0 fully saturated rings. The fourth-order valence-electron chi connectivity index (χ4n) is 2.35. The van der Waals surface area contributed by atoms with Crippen LogP contribution in [0.25, 0.3) is 11.1 Å². The summed E-state index contributed by atoms with van der Waals surface area (Å²) in [7, 11) is 0. The van der Waals surface area contributed by atoms with Gasteiger partial charge in [0, 0.05) is 6.54 Å². The Kier molecular flexibility index (Phi) is 6.67. The average molecular weight is 311 g/mol. The highest BCUT2D eigenvalue weighted by atomic mass is 16.5. The zero-order chi connectivity index (χ0) is 16.5. The minimum atomic E-state index is -0.436. The maximum Gasteiger partial charge on any atom is 0.261 e. The smallest absolute Gasteiger partial charge is 0.261 e. The van der Waals surface area contributed by atoms with E-state index in [-0.39, 0.29) is 5.91 Å². The molecule has 0 aromatic heterocycles. The minimum Gasteiger partial charge on any atom is -0.481 e. The fourth-order valence-corrected chi connectivity index (χ4v) is 2.35. The molecule has 0 saturated heterocycles. The number of unbranched alkanes of at least 4 members (excludes halogenated alkanes) is 1. The van der Waals surface area contributed by atoms with Crippen molar-refractivity contribution in [2.75, 3.05) is 6.54 Å². The van der Waals surface area contributed by atoms with Crippen LogP contribution >= 0.6 is 0 Å². The van der Waals surface area contributed by atoms with Gasteiger partial charge in [0.15, 0.2) is 6.10 Å². The Morgan fingerprint density at radius 3 is 2.26 bits per heavy atom. The number of benzene rings is 2. The predicted octanol–water partition coefficient (Wildman–Crippen LogP) is 4.43. The van der Waals surface area contributed by atoms with Crippen molar-refractivity contribution in [3.63, 3.8) is 0 Å². The van der Waals surface area contributed by atoms with Gasteiger partial charge in [-0.15, -0.1) is 0 Å². The van der Waals surface area contributed by atoms with E-state index in [1.165, 1.54) is 5.56 Å². The van der Waals surface area contributed by atoms with Crippen LogP contribution in [-0.4, -0.2) is 18.6 Å². The summed E-state index contributed by atoms with van der Waals surface area (Å²) in [6, 6.07) is 18.1. The molecule has 0 spiro atoms. The van der Waals surface area contributed by atoms with E-state index in [1.807, 2.05) is 49.4 Å². The van der Waals surface area contributed by atoms with E-state index in [1.54, 1.807) is 0 Å². The topological polar surface area (TPSA) is 38.3 Å². The van der Waals surface area contributed by atoms with E-state index in [9.17, 15) is 4.79 Å². The Bertz CT molecular complexity index is 593. The number of carbonyl (C=O) groups is 1. The molecule has 0 saturated carbocycles. The molecule has 3 heteroatoms. The summed E-state index contributed by atoms with van der Waals surface area (Å²) in [4.78, 5) is 12.1. The van der Waals surface area contributed by atoms with Crippen molar-refractivity contribution in [1.29, 1.82) is 0 Å². The average Bonchev–Trinajstić information content (AvgIpc) is 2.61. The Labute approximate surface area is 138 Å². The Morgan fingerprint density at radius 1 is 1.00 bits per heavy atom. The fraction of sp³-hybridized carbons (Fsp3) is 0.350. The summed E-state index contributed by atoms with van der Waals surface area (Å²) in [6.07, 6.45) is 2.28. The molecule has 0 aliphatic rings. The summed E-state index contributed by atoms with van der Waals surface area (Å²) in [5.74, 6) is 0.690. The molecule has 0 radical (unpaired) electrons. The molecular weight excluding hydrogens is 286 g/mol. The van der Waals surface area contributed by atoms with E-state index >= 15 is 0 Å². The number of ether oxygens (including phenoxy) is 1. The zero-order valence-electron chi connectivity index (χ0n) is 13.9. The van der Waals surface area contributed by atoms with Crippen LogP contribution in [0.15, 0.2) is 54.6 Å². The number of amides is 1. The maximum atomic E-state index is 12.1. The number of nitrogens with one attached hydrogen (secondary N) is 1. The second kappa shape index (κ2) is 8.99. The first kappa shape index (κ1) is 17.1. The monoisotopic (exact) mass is 311 g/mol. The molecule has 2 rings (SSSR count). The standard InChI is InChI=1S/C20H25NO2/c1-3-5-15-21-20(22)19(4-2)23-18-13-11-17(12-14-18)16-9-7-6-8-10-16/h6-14,19H,3-5,15H2,1-2H3,(H,21,22). The van der Waals surface area contributed by atoms with Crippen molar-refractivity contribution in [2.45, 2.75) is 39.2 Å². The van der Waals surface area contributed by atoms with E-state index in [0.717, 1.165) is 24.2 Å². The molecule has 1 N–H and O–H groups in total. The van der Waals surface area contributed by atoms with Gasteiger partial charge >= 0.3 is 0 Å². The zero-order valence-corrected chi connectivity index (χ0v) is 13.9. The first-order valence-corrected chi connectivity index (χ1v) is 8.34. The van der Waals surface area contributed by atoms with Crippen molar-refractivity contribution in [2.24, 2.45) is 0 Å². The van der Waals surface area contributed by atoms with Gasteiger partial charge < -0.3 is 10.1 Å². The predicted molar refractivity (Wildman–Crippen MR) is 94.5 cm³/mol. The molecule has 0 heterocycles. The highest BCUT2D eigenvalue weighted by molar-refractivity contribution is 5.81. The van der Waals surface area contributed by atoms with Crippen LogP contribution < -0.4 is 10.1 Å². The summed E-state index contributed by atoms with van der Waals surface area (Å²) < 4.78 is 5.83. The Hall–Kier alpha value is -2.29. The Balaban J connectivity index is 1.97. The second-order valence-electron chi connectivity index (χ2n) is 5.55. The van der Waals surface area contributed by atoms with Crippen molar-refractivity contribution in [1.82, 2.24) is 5.32 Å². The van der Waals surface area contributed by atoms with E-state index < -0.39 is 6.10 Å². The molecule has 23 heavy (non-hydrogen) atoms. The van der Waals surface area contributed by atoms with Crippen LogP contribution in [0.3, 0.4) is 0 Å². The molecule has 0 aliphatic heterocycles. The van der Waals surface area contributed by atoms with Crippen LogP contribution in [0.5, 0.6) is 5.75 Å². The van der Waals surface area contributed by atoms with Gasteiger partial charge in [-0.1, -0.05) is 62.7 Å². The summed E-state index contributed by atoms with van der Waals surface area (Å²) in [5, 5.41) is 2.93. The third-order valence-electron chi connectivity index (χ3n) is 3.73. The summed E-state index contributed by atoms with van der Waals surface area (Å²) in [5.41, 5.74) is 2.31.